The minimum Gasteiger partial charge on any atom is -0.496 e. The normalized spacial score (nSPS) is 9.77. The molecule has 0 aliphatic rings. The van der Waals surface area contributed by atoms with E-state index in [-0.39, 0.29) is 11.7 Å². The van der Waals surface area contributed by atoms with Gasteiger partial charge in [0.1, 0.15) is 5.75 Å². The summed E-state index contributed by atoms with van der Waals surface area (Å²) in [6, 6.07) is 5.67. The fraction of sp³-hybridized carbons (Fsp3) is 0.300. The predicted octanol–water partition coefficient (Wildman–Crippen LogP) is 2.31. The first-order chi connectivity index (χ1) is 6.13. The quantitative estimate of drug-likeness (QED) is 0.697. The number of methoxy groups -OCH3 is 1. The third kappa shape index (κ3) is 2.74. The van der Waals surface area contributed by atoms with Crippen molar-refractivity contribution in [2.75, 3.05) is 7.11 Å². The molecular weight excluding hydrogens is 188 g/mol. The second-order valence-electron chi connectivity index (χ2n) is 2.85. The molecule has 0 unspecified atom stereocenters. The van der Waals surface area contributed by atoms with Gasteiger partial charge in [-0.05, 0) is 30.2 Å². The molecule has 13 heavy (non-hydrogen) atoms. The van der Waals surface area contributed by atoms with Gasteiger partial charge in [-0.25, -0.2) is 0 Å². The van der Waals surface area contributed by atoms with Crippen LogP contribution in [-0.4, -0.2) is 12.4 Å². The van der Waals surface area contributed by atoms with E-state index in [0.717, 1.165) is 11.1 Å². The zero-order valence-corrected chi connectivity index (χ0v) is 8.39. The van der Waals surface area contributed by atoms with Crippen LogP contribution in [0.15, 0.2) is 18.2 Å². The van der Waals surface area contributed by atoms with Crippen LogP contribution in [0.2, 0.25) is 0 Å². The van der Waals surface area contributed by atoms with Gasteiger partial charge in [0.15, 0.2) is 0 Å². The number of hydrogen-bond acceptors (Lipinski definition) is 2. The Morgan fingerprint density at radius 2 is 2.23 bits per heavy atom. The molecule has 0 bridgehead atoms. The predicted molar refractivity (Wildman–Crippen MR) is 52.3 cm³/mol. The molecule has 1 aromatic carbocycles. The lowest BCUT2D eigenvalue weighted by Gasteiger charge is -2.06. The molecule has 70 valence electrons. The van der Waals surface area contributed by atoms with Crippen molar-refractivity contribution in [2.45, 2.75) is 13.3 Å². The van der Waals surface area contributed by atoms with Crippen LogP contribution in [0.1, 0.15) is 11.1 Å². The Labute approximate surface area is 82.5 Å². The molecule has 0 aromatic heterocycles. The highest BCUT2D eigenvalue weighted by Gasteiger charge is 2.06. The van der Waals surface area contributed by atoms with Crippen molar-refractivity contribution in [3.05, 3.63) is 29.3 Å². The molecule has 0 aliphatic carbocycles. The van der Waals surface area contributed by atoms with E-state index in [1.54, 1.807) is 7.11 Å². The van der Waals surface area contributed by atoms with Gasteiger partial charge in [0, 0.05) is 5.56 Å². The standard InChI is InChI=1S/C10H11ClO2/c1-7-3-4-8(6-10(11)12)9(5-7)13-2/h3-5H,6H2,1-2H3. The summed E-state index contributed by atoms with van der Waals surface area (Å²) in [5.74, 6) is 0.717. The first-order valence-corrected chi connectivity index (χ1v) is 4.33. The molecule has 0 N–H and O–H groups in total. The van der Waals surface area contributed by atoms with Gasteiger partial charge < -0.3 is 4.74 Å². The molecular formula is C10H11ClO2. The van der Waals surface area contributed by atoms with Crippen LogP contribution in [0.3, 0.4) is 0 Å². The topological polar surface area (TPSA) is 26.3 Å². The van der Waals surface area contributed by atoms with Crippen LogP contribution in [0.4, 0.5) is 0 Å². The first kappa shape index (κ1) is 10.1. The molecule has 0 saturated carbocycles. The first-order valence-electron chi connectivity index (χ1n) is 3.95. The Balaban J connectivity index is 2.99. The van der Waals surface area contributed by atoms with Crippen molar-refractivity contribution in [1.29, 1.82) is 0 Å². The summed E-state index contributed by atoms with van der Waals surface area (Å²) in [5, 5.41) is -0.373. The van der Waals surface area contributed by atoms with E-state index in [9.17, 15) is 4.79 Å². The Morgan fingerprint density at radius 1 is 1.54 bits per heavy atom. The van der Waals surface area contributed by atoms with Gasteiger partial charge in [-0.3, -0.25) is 4.79 Å². The highest BCUT2D eigenvalue weighted by atomic mass is 35.5. The van der Waals surface area contributed by atoms with Crippen LogP contribution < -0.4 is 4.74 Å². The number of halogens is 1. The maximum Gasteiger partial charge on any atom is 0.226 e. The van der Waals surface area contributed by atoms with Gasteiger partial charge in [-0.2, -0.15) is 0 Å². The Morgan fingerprint density at radius 3 is 2.77 bits per heavy atom. The molecule has 0 radical (unpaired) electrons. The van der Waals surface area contributed by atoms with E-state index in [1.807, 2.05) is 25.1 Å². The van der Waals surface area contributed by atoms with E-state index in [0.29, 0.717) is 5.75 Å². The van der Waals surface area contributed by atoms with E-state index < -0.39 is 0 Å². The fourth-order valence-corrected chi connectivity index (χ4v) is 1.29. The summed E-state index contributed by atoms with van der Waals surface area (Å²) in [5.41, 5.74) is 1.93. The van der Waals surface area contributed by atoms with Crippen molar-refractivity contribution in [1.82, 2.24) is 0 Å². The molecule has 0 saturated heterocycles. The lowest BCUT2D eigenvalue weighted by Crippen LogP contribution is -1.97. The van der Waals surface area contributed by atoms with Crippen molar-refractivity contribution < 1.29 is 9.53 Å². The maximum absolute atomic E-state index is 10.7. The molecule has 1 rings (SSSR count). The van der Waals surface area contributed by atoms with Gasteiger partial charge >= 0.3 is 0 Å². The molecule has 1 aromatic rings. The minimum absolute atomic E-state index is 0.213. The highest BCUT2D eigenvalue weighted by molar-refractivity contribution is 6.63. The van der Waals surface area contributed by atoms with E-state index in [1.165, 1.54) is 0 Å². The SMILES string of the molecule is COc1cc(C)ccc1CC(=O)Cl. The molecule has 0 heterocycles. The number of ether oxygens (including phenoxy) is 1. The van der Waals surface area contributed by atoms with E-state index in [2.05, 4.69) is 0 Å². The summed E-state index contributed by atoms with van der Waals surface area (Å²) in [4.78, 5) is 10.7. The third-order valence-corrected chi connectivity index (χ3v) is 1.91. The second-order valence-corrected chi connectivity index (χ2v) is 3.27. The van der Waals surface area contributed by atoms with Crippen molar-refractivity contribution in [2.24, 2.45) is 0 Å². The smallest absolute Gasteiger partial charge is 0.226 e. The van der Waals surface area contributed by atoms with Crippen LogP contribution in [0, 0.1) is 6.92 Å². The molecule has 3 heteroatoms. The summed E-state index contributed by atoms with van der Waals surface area (Å²) in [6.07, 6.45) is 0.213. The van der Waals surface area contributed by atoms with E-state index in [4.69, 9.17) is 16.3 Å². The summed E-state index contributed by atoms with van der Waals surface area (Å²) in [6.45, 7) is 1.97. The van der Waals surface area contributed by atoms with Crippen molar-refractivity contribution >= 4 is 16.8 Å². The van der Waals surface area contributed by atoms with Crippen LogP contribution in [-0.2, 0) is 11.2 Å². The fourth-order valence-electron chi connectivity index (χ4n) is 1.15. The van der Waals surface area contributed by atoms with Crippen LogP contribution >= 0.6 is 11.6 Å². The third-order valence-electron chi connectivity index (χ3n) is 1.77. The average molecular weight is 199 g/mol. The maximum atomic E-state index is 10.7. The number of hydrogen-bond donors (Lipinski definition) is 0. The van der Waals surface area contributed by atoms with Crippen molar-refractivity contribution in [3.8, 4) is 5.75 Å². The van der Waals surface area contributed by atoms with Gasteiger partial charge in [0.05, 0.1) is 13.5 Å². The number of carbonyl (C=O) groups excluding carboxylic acids is 1. The van der Waals surface area contributed by atoms with Gasteiger partial charge in [0.2, 0.25) is 5.24 Å². The monoisotopic (exact) mass is 198 g/mol. The number of aryl methyl sites for hydroxylation is 1. The zero-order chi connectivity index (χ0) is 9.84. The Bertz CT molecular complexity index is 321. The molecule has 0 fully saturated rings. The van der Waals surface area contributed by atoms with Gasteiger partial charge in [-0.15, -0.1) is 0 Å². The zero-order valence-electron chi connectivity index (χ0n) is 7.63. The summed E-state index contributed by atoms with van der Waals surface area (Å²) >= 11 is 5.29. The van der Waals surface area contributed by atoms with Crippen molar-refractivity contribution in [3.63, 3.8) is 0 Å². The summed E-state index contributed by atoms with van der Waals surface area (Å²) in [7, 11) is 1.58. The largest absolute Gasteiger partial charge is 0.496 e. The second kappa shape index (κ2) is 4.28. The molecule has 2 nitrogen and oxygen atoms in total. The van der Waals surface area contributed by atoms with Gasteiger partial charge in [0.25, 0.3) is 0 Å². The van der Waals surface area contributed by atoms with E-state index >= 15 is 0 Å². The Hall–Kier alpha value is -1.02. The number of rotatable bonds is 3. The molecule has 0 spiro atoms. The highest BCUT2D eigenvalue weighted by Crippen LogP contribution is 2.20. The number of benzene rings is 1. The van der Waals surface area contributed by atoms with Crippen LogP contribution in [0.5, 0.6) is 5.75 Å². The van der Waals surface area contributed by atoms with Crippen LogP contribution in [0.25, 0.3) is 0 Å². The number of carbonyl (C=O) groups is 1. The lowest BCUT2D eigenvalue weighted by molar-refractivity contribution is -0.111. The average Bonchev–Trinajstić information content (AvgIpc) is 2.07. The molecule has 0 atom stereocenters. The molecule has 0 aliphatic heterocycles. The minimum atomic E-state index is -0.373. The molecule has 0 amide bonds. The van der Waals surface area contributed by atoms with Gasteiger partial charge in [-0.1, -0.05) is 12.1 Å². The Kier molecular flexibility index (Phi) is 3.32. The summed E-state index contributed by atoms with van der Waals surface area (Å²) < 4.78 is 5.12. The lowest BCUT2D eigenvalue weighted by atomic mass is 10.1.